The van der Waals surface area contributed by atoms with E-state index < -0.39 is 0 Å². The van der Waals surface area contributed by atoms with Gasteiger partial charge in [-0.05, 0) is 73.9 Å². The first kappa shape index (κ1) is 26.8. The lowest BCUT2D eigenvalue weighted by atomic mass is 9.91. The molecule has 0 atom stereocenters. The van der Waals surface area contributed by atoms with Crippen molar-refractivity contribution in [3.63, 3.8) is 0 Å². The molecule has 0 spiro atoms. The maximum Gasteiger partial charge on any atom is 0.169 e. The monoisotopic (exact) mass is 541 g/mol. The van der Waals surface area contributed by atoms with Crippen LogP contribution >= 0.6 is 48.0 Å². The van der Waals surface area contributed by atoms with Gasteiger partial charge in [0.1, 0.15) is 0 Å². The van der Waals surface area contributed by atoms with Gasteiger partial charge in [-0.2, -0.15) is 0 Å². The van der Waals surface area contributed by atoms with E-state index in [9.17, 15) is 9.90 Å². The molecule has 0 amide bonds. The third kappa shape index (κ3) is 5.39. The molecule has 182 valence electrons. The van der Waals surface area contributed by atoms with Crippen molar-refractivity contribution < 1.29 is 9.90 Å². The lowest BCUT2D eigenvalue weighted by Crippen LogP contribution is -2.33. The van der Waals surface area contributed by atoms with Crippen LogP contribution in [0.4, 0.5) is 5.69 Å². The molecular weight excluding hydrogens is 516 g/mol. The van der Waals surface area contributed by atoms with E-state index >= 15 is 0 Å². The molecule has 0 aliphatic heterocycles. The molecule has 2 aliphatic rings. The third-order valence-corrected chi connectivity index (χ3v) is 7.13. The summed E-state index contributed by atoms with van der Waals surface area (Å²) in [6, 6.07) is 9.80. The first-order valence-electron chi connectivity index (χ1n) is 11.1. The summed E-state index contributed by atoms with van der Waals surface area (Å²) in [4.78, 5) is 17.7. The summed E-state index contributed by atoms with van der Waals surface area (Å²) in [7, 11) is 0. The van der Waals surface area contributed by atoms with Gasteiger partial charge in [0.05, 0.1) is 26.8 Å². The van der Waals surface area contributed by atoms with Crippen molar-refractivity contribution >= 4 is 70.4 Å². The van der Waals surface area contributed by atoms with Crippen LogP contribution in [0.25, 0.3) is 22.0 Å². The predicted molar refractivity (Wildman–Crippen MR) is 144 cm³/mol. The lowest BCUT2D eigenvalue weighted by molar-refractivity contribution is 0.0968. The molecular formula is C25H27Cl4N3O2. The molecule has 2 saturated carbocycles. The molecule has 0 bridgehead atoms. The number of phenols is 1. The molecule has 34 heavy (non-hydrogen) atoms. The van der Waals surface area contributed by atoms with Crippen LogP contribution in [0.5, 0.6) is 5.75 Å². The second-order valence-electron chi connectivity index (χ2n) is 8.96. The van der Waals surface area contributed by atoms with Crippen LogP contribution in [-0.2, 0) is 0 Å². The molecule has 2 fully saturated rings. The summed E-state index contributed by atoms with van der Waals surface area (Å²) in [5, 5.41) is 14.9. The Kier molecular flexibility index (Phi) is 8.59. The topological polar surface area (TPSA) is 88.2 Å². The van der Waals surface area contributed by atoms with Crippen molar-refractivity contribution in [1.82, 2.24) is 4.98 Å². The van der Waals surface area contributed by atoms with Gasteiger partial charge in [0.25, 0.3) is 0 Å². The third-order valence-electron chi connectivity index (χ3n) is 6.55. The summed E-state index contributed by atoms with van der Waals surface area (Å²) < 4.78 is 0. The number of Topliss-reactive ketones (excluding diaryl/α,β-unsaturated/α-hetero) is 1. The van der Waals surface area contributed by atoms with E-state index in [2.05, 4.69) is 10.3 Å². The zero-order valence-electron chi connectivity index (χ0n) is 18.4. The second-order valence-corrected chi connectivity index (χ2v) is 9.78. The Bertz CT molecular complexity index is 1190. The van der Waals surface area contributed by atoms with Crippen LogP contribution in [-0.4, -0.2) is 28.0 Å². The number of phenolic OH excluding ortho intramolecular Hbond substituents is 1. The Hall–Kier alpha value is -1.76. The molecule has 2 aromatic carbocycles. The van der Waals surface area contributed by atoms with Crippen LogP contribution in [0.3, 0.4) is 0 Å². The number of hydrogen-bond donors (Lipinski definition) is 3. The number of rotatable bonds is 5. The van der Waals surface area contributed by atoms with Gasteiger partial charge in [-0.15, -0.1) is 24.8 Å². The summed E-state index contributed by atoms with van der Waals surface area (Å²) in [6.07, 6.45) is 7.51. The molecule has 1 heterocycles. The molecule has 0 saturated heterocycles. The Labute approximate surface area is 221 Å². The number of carbonyl (C=O) groups excluding carboxylic acids is 1. The van der Waals surface area contributed by atoms with Crippen LogP contribution in [0.1, 0.15) is 48.9 Å². The van der Waals surface area contributed by atoms with Gasteiger partial charge >= 0.3 is 0 Å². The molecule has 1 aromatic heterocycles. The lowest BCUT2D eigenvalue weighted by Gasteiger charge is -2.29. The Balaban J connectivity index is 0.00000162. The fourth-order valence-electron chi connectivity index (χ4n) is 4.48. The van der Waals surface area contributed by atoms with Gasteiger partial charge in [-0.25, -0.2) is 0 Å². The summed E-state index contributed by atoms with van der Waals surface area (Å²) in [5.41, 5.74) is 10.1. The number of nitrogens with one attached hydrogen (secondary N) is 1. The number of aromatic nitrogens is 1. The van der Waals surface area contributed by atoms with E-state index in [4.69, 9.17) is 28.9 Å². The average molecular weight is 543 g/mol. The fourth-order valence-corrected chi connectivity index (χ4v) is 4.97. The van der Waals surface area contributed by atoms with Gasteiger partial charge in [-0.3, -0.25) is 9.78 Å². The predicted octanol–water partition coefficient (Wildman–Crippen LogP) is 7.03. The molecule has 4 N–H and O–H groups in total. The summed E-state index contributed by atoms with van der Waals surface area (Å²) in [5.74, 6) is 0.137. The standard InChI is InChI=1S/C25H25Cl2N3O2.2ClH/c26-20-10-15(11-21(27)25(20)32)14-3-8-22-18(9-14)23(30-17-6-4-16(28)5-7-17)19(12-29-22)24(31)13-1-2-13;;/h3,8-13,16-17,32H,1-2,4-7,28H2,(H,29,30);2*1H/t16-,17-;;. The number of hydrogen-bond acceptors (Lipinski definition) is 5. The minimum absolute atomic E-state index is 0. The Morgan fingerprint density at radius 3 is 2.24 bits per heavy atom. The summed E-state index contributed by atoms with van der Waals surface area (Å²) in [6.45, 7) is 0. The van der Waals surface area contributed by atoms with Gasteiger partial charge in [-0.1, -0.05) is 29.3 Å². The number of benzene rings is 2. The minimum Gasteiger partial charge on any atom is -0.505 e. The first-order chi connectivity index (χ1) is 15.4. The van der Waals surface area contributed by atoms with E-state index in [-0.39, 0.29) is 64.4 Å². The number of pyridine rings is 1. The van der Waals surface area contributed by atoms with Crippen LogP contribution < -0.4 is 11.1 Å². The Morgan fingerprint density at radius 1 is 0.971 bits per heavy atom. The van der Waals surface area contributed by atoms with E-state index in [1.165, 1.54) is 0 Å². The molecule has 5 nitrogen and oxygen atoms in total. The molecule has 3 aromatic rings. The van der Waals surface area contributed by atoms with Gasteiger partial charge < -0.3 is 16.2 Å². The highest BCUT2D eigenvalue weighted by Gasteiger charge is 2.33. The van der Waals surface area contributed by atoms with Gasteiger partial charge in [0.15, 0.2) is 11.5 Å². The average Bonchev–Trinajstić information content (AvgIpc) is 3.63. The van der Waals surface area contributed by atoms with Crippen molar-refractivity contribution in [2.75, 3.05) is 5.32 Å². The largest absolute Gasteiger partial charge is 0.505 e. The maximum atomic E-state index is 13.1. The highest BCUT2D eigenvalue weighted by molar-refractivity contribution is 6.37. The van der Waals surface area contributed by atoms with Crippen LogP contribution in [0, 0.1) is 5.92 Å². The van der Waals surface area contributed by atoms with Crippen LogP contribution in [0.2, 0.25) is 10.0 Å². The SMILES string of the molecule is Cl.Cl.N[C@H]1CC[C@H](Nc2c(C(=O)C3CC3)cnc3ccc(-c4cc(Cl)c(O)c(Cl)c4)cc23)CC1. The maximum absolute atomic E-state index is 13.1. The number of carbonyl (C=O) groups is 1. The Morgan fingerprint density at radius 2 is 1.62 bits per heavy atom. The zero-order chi connectivity index (χ0) is 22.4. The number of nitrogens with two attached hydrogens (primary N) is 1. The number of fused-ring (bicyclic) bond motifs is 1. The number of anilines is 1. The normalized spacial score (nSPS) is 19.7. The highest BCUT2D eigenvalue weighted by Crippen LogP contribution is 2.40. The van der Waals surface area contributed by atoms with Crippen molar-refractivity contribution in [2.24, 2.45) is 11.7 Å². The number of nitrogens with zero attached hydrogens (tertiary/aromatic N) is 1. The zero-order valence-corrected chi connectivity index (χ0v) is 21.5. The van der Waals surface area contributed by atoms with E-state index in [0.29, 0.717) is 5.56 Å². The van der Waals surface area contributed by atoms with Gasteiger partial charge in [0.2, 0.25) is 0 Å². The molecule has 5 rings (SSSR count). The first-order valence-corrected chi connectivity index (χ1v) is 11.8. The molecule has 0 unspecified atom stereocenters. The molecule has 0 radical (unpaired) electrons. The number of halogens is 4. The fraction of sp³-hybridized carbons (Fsp3) is 0.360. The van der Waals surface area contributed by atoms with Crippen molar-refractivity contribution in [2.45, 2.75) is 50.6 Å². The quantitative estimate of drug-likeness (QED) is 0.301. The molecule has 9 heteroatoms. The van der Waals surface area contributed by atoms with Crippen molar-refractivity contribution in [3.05, 3.63) is 52.1 Å². The molecule has 2 aliphatic carbocycles. The number of ketones is 1. The van der Waals surface area contributed by atoms with E-state index in [1.807, 2.05) is 18.2 Å². The van der Waals surface area contributed by atoms with Crippen molar-refractivity contribution in [1.29, 1.82) is 0 Å². The smallest absolute Gasteiger partial charge is 0.169 e. The van der Waals surface area contributed by atoms with Crippen molar-refractivity contribution in [3.8, 4) is 16.9 Å². The second kappa shape index (κ2) is 10.9. The minimum atomic E-state index is -0.130. The van der Waals surface area contributed by atoms with E-state index in [0.717, 1.165) is 66.2 Å². The van der Waals surface area contributed by atoms with Crippen LogP contribution in [0.15, 0.2) is 36.5 Å². The highest BCUT2D eigenvalue weighted by atomic mass is 35.5. The summed E-state index contributed by atoms with van der Waals surface area (Å²) >= 11 is 12.3. The van der Waals surface area contributed by atoms with E-state index in [1.54, 1.807) is 18.3 Å². The number of aromatic hydroxyl groups is 1. The van der Waals surface area contributed by atoms with Gasteiger partial charge in [0, 0.05) is 29.6 Å².